The van der Waals surface area contributed by atoms with Crippen molar-refractivity contribution in [1.82, 2.24) is 0 Å². The van der Waals surface area contributed by atoms with Gasteiger partial charge in [-0.3, -0.25) is 0 Å². The summed E-state index contributed by atoms with van der Waals surface area (Å²) in [6.45, 7) is 10.5. The van der Waals surface area contributed by atoms with E-state index in [9.17, 15) is 0 Å². The van der Waals surface area contributed by atoms with Crippen LogP contribution in [-0.4, -0.2) is 13.2 Å². The van der Waals surface area contributed by atoms with E-state index in [0.717, 1.165) is 68.8 Å². The summed E-state index contributed by atoms with van der Waals surface area (Å²) < 4.78 is 15.4. The molecule has 0 fully saturated rings. The molecule has 0 bridgehead atoms. The summed E-state index contributed by atoms with van der Waals surface area (Å²) in [7, 11) is 0. The fraction of sp³-hybridized carbons (Fsp3) is 0.421. The van der Waals surface area contributed by atoms with Crippen LogP contribution in [0.15, 0.2) is 69.6 Å². The number of rotatable bonds is 18. The van der Waals surface area contributed by atoms with Crippen LogP contribution in [0.25, 0.3) is 24.3 Å². The Hall–Kier alpha value is -2.30. The van der Waals surface area contributed by atoms with Gasteiger partial charge in [0.05, 0.1) is 13.2 Å². The molecule has 42 heavy (non-hydrogen) atoms. The molecule has 0 heterocycles. The first-order valence-corrected chi connectivity index (χ1v) is 17.3. The Morgan fingerprint density at radius 3 is 1.29 bits per heavy atom. The molecular weight excluding hydrogens is 648 g/mol. The molecule has 0 aliphatic carbocycles. The molecule has 0 N–H and O–H groups in total. The molecule has 0 aliphatic heterocycles. The third-order valence-corrected chi connectivity index (χ3v) is 8.89. The Morgan fingerprint density at radius 2 is 0.952 bits per heavy atom. The van der Waals surface area contributed by atoms with E-state index in [1.807, 2.05) is 0 Å². The van der Waals surface area contributed by atoms with Gasteiger partial charge < -0.3 is 9.47 Å². The summed E-state index contributed by atoms with van der Waals surface area (Å²) in [5.74, 6) is 2.91. The van der Waals surface area contributed by atoms with Gasteiger partial charge >= 0.3 is 0 Å². The first kappa shape index (κ1) is 34.2. The number of hydrogen-bond acceptors (Lipinski definition) is 2. The highest BCUT2D eigenvalue weighted by Crippen LogP contribution is 2.34. The number of hydrogen-bond donors (Lipinski definition) is 0. The van der Waals surface area contributed by atoms with E-state index >= 15 is 0 Å². The quantitative estimate of drug-likeness (QED) is 0.123. The van der Waals surface area contributed by atoms with E-state index in [2.05, 4.69) is 145 Å². The highest BCUT2D eigenvalue weighted by molar-refractivity contribution is 9.10. The second-order valence-corrected chi connectivity index (χ2v) is 13.0. The molecule has 0 spiro atoms. The highest BCUT2D eigenvalue weighted by Gasteiger charge is 2.15. The van der Waals surface area contributed by atoms with Crippen molar-refractivity contribution in [2.24, 2.45) is 11.8 Å². The summed E-state index contributed by atoms with van der Waals surface area (Å²) in [4.78, 5) is 0. The van der Waals surface area contributed by atoms with Crippen LogP contribution in [0.4, 0.5) is 0 Å². The fourth-order valence-corrected chi connectivity index (χ4v) is 5.36. The molecule has 0 radical (unpaired) electrons. The lowest BCUT2D eigenvalue weighted by Gasteiger charge is -2.20. The van der Waals surface area contributed by atoms with Crippen molar-refractivity contribution in [3.05, 3.63) is 91.9 Å². The molecule has 2 atom stereocenters. The molecule has 4 heteroatoms. The van der Waals surface area contributed by atoms with Crippen LogP contribution >= 0.6 is 31.9 Å². The predicted molar refractivity (Wildman–Crippen MR) is 190 cm³/mol. The van der Waals surface area contributed by atoms with Crippen LogP contribution in [-0.2, 0) is 0 Å². The van der Waals surface area contributed by atoms with Crippen molar-refractivity contribution in [3.63, 3.8) is 0 Å². The molecule has 0 aromatic heterocycles. The van der Waals surface area contributed by atoms with Crippen LogP contribution in [0.5, 0.6) is 11.5 Å². The van der Waals surface area contributed by atoms with Gasteiger partial charge in [-0.25, -0.2) is 0 Å². The lowest BCUT2D eigenvalue weighted by Crippen LogP contribution is -2.13. The average molecular weight is 697 g/mol. The maximum Gasteiger partial charge on any atom is 0.127 e. The Labute approximate surface area is 271 Å². The van der Waals surface area contributed by atoms with E-state index in [0.29, 0.717) is 11.8 Å². The van der Waals surface area contributed by atoms with Crippen molar-refractivity contribution >= 4 is 56.2 Å². The first-order valence-electron chi connectivity index (χ1n) is 15.8. The fourth-order valence-electron chi connectivity index (χ4n) is 4.83. The summed E-state index contributed by atoms with van der Waals surface area (Å²) in [5.41, 5.74) is 4.37. The molecule has 226 valence electrons. The zero-order valence-electron chi connectivity index (χ0n) is 25.9. The molecular formula is C38H48Br2O2. The Bertz CT molecular complexity index is 1150. The van der Waals surface area contributed by atoms with Crippen molar-refractivity contribution < 1.29 is 9.47 Å². The number of ether oxygens (including phenoxy) is 2. The van der Waals surface area contributed by atoms with Gasteiger partial charge in [0.2, 0.25) is 0 Å². The second kappa shape index (κ2) is 19.1. The maximum absolute atomic E-state index is 6.60. The Kier molecular flexibility index (Phi) is 15.5. The number of halogens is 2. The van der Waals surface area contributed by atoms with Gasteiger partial charge in [0, 0.05) is 20.1 Å². The van der Waals surface area contributed by atoms with E-state index < -0.39 is 0 Å². The minimum Gasteiger partial charge on any atom is -0.493 e. The topological polar surface area (TPSA) is 18.5 Å². The zero-order chi connectivity index (χ0) is 30.2. The van der Waals surface area contributed by atoms with Crippen LogP contribution in [0.2, 0.25) is 0 Å². The maximum atomic E-state index is 6.60. The molecule has 0 saturated carbocycles. The first-order chi connectivity index (χ1) is 20.4. The molecule has 3 rings (SSSR count). The SMILES string of the molecule is CCCCC(CC)COc1cc(/C=C/c2ccc(Br)cc2)c(OCC(CC)CCCC)cc1/C=C/c1ccc(Br)cc1. The van der Waals surface area contributed by atoms with Gasteiger partial charge in [-0.1, -0.05) is 147 Å². The van der Waals surface area contributed by atoms with Crippen molar-refractivity contribution in [2.45, 2.75) is 79.1 Å². The van der Waals surface area contributed by atoms with E-state index in [1.165, 1.54) is 38.5 Å². The van der Waals surface area contributed by atoms with Crippen LogP contribution in [0.3, 0.4) is 0 Å². The molecule has 0 aliphatic rings. The van der Waals surface area contributed by atoms with Crippen LogP contribution in [0, 0.1) is 11.8 Å². The standard InChI is InChI=1S/C38H48Br2O2/c1-5-9-11-29(7-3)27-41-37-25-34(20-14-32-17-23-36(40)24-18-32)38(42-28-30(8-4)12-10-6-2)26-33(37)19-13-31-15-21-35(39)22-16-31/h13-26,29-30H,5-12,27-28H2,1-4H3/b19-13+,20-14+. The normalized spacial score (nSPS) is 13.1. The third-order valence-electron chi connectivity index (χ3n) is 7.83. The van der Waals surface area contributed by atoms with Crippen molar-refractivity contribution in [2.75, 3.05) is 13.2 Å². The molecule has 2 nitrogen and oxygen atoms in total. The summed E-state index contributed by atoms with van der Waals surface area (Å²) in [5, 5.41) is 0. The third kappa shape index (κ3) is 11.8. The van der Waals surface area contributed by atoms with E-state index in [1.54, 1.807) is 0 Å². The molecule has 0 saturated heterocycles. The van der Waals surface area contributed by atoms with Gasteiger partial charge in [0.15, 0.2) is 0 Å². The lowest BCUT2D eigenvalue weighted by atomic mass is 10.00. The lowest BCUT2D eigenvalue weighted by molar-refractivity contribution is 0.227. The molecule has 3 aromatic rings. The molecule has 3 aromatic carbocycles. The van der Waals surface area contributed by atoms with Gasteiger partial charge in [-0.15, -0.1) is 0 Å². The van der Waals surface area contributed by atoms with Gasteiger partial charge in [-0.05, 0) is 72.2 Å². The van der Waals surface area contributed by atoms with Crippen molar-refractivity contribution in [1.29, 1.82) is 0 Å². The number of unbranched alkanes of at least 4 members (excludes halogenated alkanes) is 2. The summed E-state index contributed by atoms with van der Waals surface area (Å²) in [6.07, 6.45) is 18.2. The van der Waals surface area contributed by atoms with Gasteiger partial charge in [0.1, 0.15) is 11.5 Å². The van der Waals surface area contributed by atoms with Crippen LogP contribution < -0.4 is 9.47 Å². The Morgan fingerprint density at radius 1 is 0.571 bits per heavy atom. The van der Waals surface area contributed by atoms with E-state index in [4.69, 9.17) is 9.47 Å². The monoisotopic (exact) mass is 694 g/mol. The molecule has 0 amide bonds. The Balaban J connectivity index is 2.00. The zero-order valence-corrected chi connectivity index (χ0v) is 29.1. The minimum atomic E-state index is 0.551. The summed E-state index contributed by atoms with van der Waals surface area (Å²) in [6, 6.07) is 21.1. The largest absolute Gasteiger partial charge is 0.493 e. The van der Waals surface area contributed by atoms with Gasteiger partial charge in [0.25, 0.3) is 0 Å². The smallest absolute Gasteiger partial charge is 0.127 e. The van der Waals surface area contributed by atoms with E-state index in [-0.39, 0.29) is 0 Å². The average Bonchev–Trinajstić information content (AvgIpc) is 3.01. The predicted octanol–water partition coefficient (Wildman–Crippen LogP) is 12.7. The highest BCUT2D eigenvalue weighted by atomic mass is 79.9. The minimum absolute atomic E-state index is 0.551. The second-order valence-electron chi connectivity index (χ2n) is 11.2. The van der Waals surface area contributed by atoms with Crippen molar-refractivity contribution in [3.8, 4) is 11.5 Å². The molecule has 2 unspecified atom stereocenters. The number of benzene rings is 3. The van der Waals surface area contributed by atoms with Gasteiger partial charge in [-0.2, -0.15) is 0 Å². The van der Waals surface area contributed by atoms with Crippen LogP contribution in [0.1, 0.15) is 101 Å². The summed E-state index contributed by atoms with van der Waals surface area (Å²) >= 11 is 7.09.